The molecule has 2 N–H and O–H groups in total. The predicted molar refractivity (Wildman–Crippen MR) is 65.9 cm³/mol. The SMILES string of the molecule is CCn1nc(-c2ncc([N+](=O)[O-])n2C)c(C#N)c1N. The molecule has 0 aliphatic rings. The molecule has 2 aromatic rings. The van der Waals surface area contributed by atoms with Crippen LogP contribution >= 0.6 is 0 Å². The molecule has 2 rings (SSSR count). The van der Waals surface area contributed by atoms with Gasteiger partial charge in [0.1, 0.15) is 23.6 Å². The number of nitrogens with zero attached hydrogens (tertiary/aromatic N) is 6. The van der Waals surface area contributed by atoms with Crippen LogP contribution in [-0.2, 0) is 13.6 Å². The third kappa shape index (κ3) is 1.79. The normalized spacial score (nSPS) is 10.4. The Hall–Kier alpha value is -2.89. The molecule has 2 heterocycles. The molecular weight excluding hydrogens is 250 g/mol. The Balaban J connectivity index is 2.66. The summed E-state index contributed by atoms with van der Waals surface area (Å²) in [6.45, 7) is 2.32. The van der Waals surface area contributed by atoms with Crippen molar-refractivity contribution in [2.24, 2.45) is 7.05 Å². The van der Waals surface area contributed by atoms with E-state index in [4.69, 9.17) is 11.0 Å². The number of nitrogens with two attached hydrogens (primary N) is 1. The van der Waals surface area contributed by atoms with Crippen molar-refractivity contribution >= 4 is 11.6 Å². The molecular formula is C10H11N7O2. The molecule has 0 fully saturated rings. The average Bonchev–Trinajstić information content (AvgIpc) is 2.89. The molecule has 0 saturated carbocycles. The smallest absolute Gasteiger partial charge is 0.342 e. The van der Waals surface area contributed by atoms with E-state index in [0.29, 0.717) is 6.54 Å². The van der Waals surface area contributed by atoms with Crippen LogP contribution in [0, 0.1) is 21.4 Å². The molecule has 0 bridgehead atoms. The highest BCUT2D eigenvalue weighted by molar-refractivity contribution is 5.69. The van der Waals surface area contributed by atoms with Gasteiger partial charge in [-0.15, -0.1) is 0 Å². The molecule has 9 nitrogen and oxygen atoms in total. The highest BCUT2D eigenvalue weighted by Gasteiger charge is 2.25. The van der Waals surface area contributed by atoms with Crippen LogP contribution in [0.2, 0.25) is 0 Å². The van der Waals surface area contributed by atoms with Crippen molar-refractivity contribution in [1.82, 2.24) is 19.3 Å². The van der Waals surface area contributed by atoms with Gasteiger partial charge in [0.15, 0.2) is 5.69 Å². The van der Waals surface area contributed by atoms with Crippen molar-refractivity contribution < 1.29 is 4.92 Å². The Morgan fingerprint density at radius 3 is 2.79 bits per heavy atom. The van der Waals surface area contributed by atoms with Crippen LogP contribution in [0.15, 0.2) is 6.20 Å². The van der Waals surface area contributed by atoms with Gasteiger partial charge in [-0.3, -0.25) is 0 Å². The summed E-state index contributed by atoms with van der Waals surface area (Å²) in [5.74, 6) is 0.288. The molecule has 0 radical (unpaired) electrons. The first kappa shape index (κ1) is 12.6. The van der Waals surface area contributed by atoms with Crippen LogP contribution in [0.3, 0.4) is 0 Å². The van der Waals surface area contributed by atoms with Crippen LogP contribution in [0.1, 0.15) is 12.5 Å². The number of imidazole rings is 1. The number of nitriles is 1. The Morgan fingerprint density at radius 2 is 2.32 bits per heavy atom. The van der Waals surface area contributed by atoms with Crippen LogP contribution < -0.4 is 5.73 Å². The number of anilines is 1. The highest BCUT2D eigenvalue weighted by atomic mass is 16.6. The Morgan fingerprint density at radius 1 is 1.63 bits per heavy atom. The average molecular weight is 261 g/mol. The fourth-order valence-corrected chi connectivity index (χ4v) is 1.77. The number of hydrogen-bond acceptors (Lipinski definition) is 6. The molecule has 0 spiro atoms. The number of rotatable bonds is 3. The Labute approximate surface area is 108 Å². The Bertz CT molecular complexity index is 692. The third-order valence-corrected chi connectivity index (χ3v) is 2.77. The molecule has 98 valence electrons. The van der Waals surface area contributed by atoms with Gasteiger partial charge in [0.25, 0.3) is 5.82 Å². The van der Waals surface area contributed by atoms with E-state index in [-0.39, 0.29) is 28.7 Å². The van der Waals surface area contributed by atoms with Crippen molar-refractivity contribution in [2.75, 3.05) is 5.73 Å². The van der Waals surface area contributed by atoms with Gasteiger partial charge in [-0.25, -0.2) is 14.2 Å². The summed E-state index contributed by atoms with van der Waals surface area (Å²) in [5.41, 5.74) is 6.21. The second-order valence-electron chi connectivity index (χ2n) is 3.79. The van der Waals surface area contributed by atoms with Crippen molar-refractivity contribution in [2.45, 2.75) is 13.5 Å². The lowest BCUT2D eigenvalue weighted by atomic mass is 10.2. The van der Waals surface area contributed by atoms with E-state index in [1.807, 2.05) is 13.0 Å². The zero-order valence-corrected chi connectivity index (χ0v) is 10.4. The summed E-state index contributed by atoms with van der Waals surface area (Å²) in [6.07, 6.45) is 1.12. The minimum absolute atomic E-state index is 0.172. The topological polar surface area (TPSA) is 129 Å². The van der Waals surface area contributed by atoms with E-state index in [0.717, 1.165) is 6.20 Å². The summed E-state index contributed by atoms with van der Waals surface area (Å²) in [4.78, 5) is 14.2. The van der Waals surface area contributed by atoms with E-state index in [1.165, 1.54) is 16.3 Å². The molecule has 0 amide bonds. The maximum absolute atomic E-state index is 10.8. The molecule has 0 atom stereocenters. The highest BCUT2D eigenvalue weighted by Crippen LogP contribution is 2.27. The minimum atomic E-state index is -0.553. The molecule has 19 heavy (non-hydrogen) atoms. The third-order valence-electron chi connectivity index (χ3n) is 2.77. The minimum Gasteiger partial charge on any atom is -0.383 e. The molecule has 0 aromatic carbocycles. The van der Waals surface area contributed by atoms with Crippen molar-refractivity contribution in [3.8, 4) is 17.6 Å². The first-order valence-corrected chi connectivity index (χ1v) is 5.44. The number of aryl methyl sites for hydroxylation is 1. The lowest BCUT2D eigenvalue weighted by Gasteiger charge is -1.96. The summed E-state index contributed by atoms with van der Waals surface area (Å²) < 4.78 is 2.72. The number of nitrogen functional groups attached to an aromatic ring is 1. The fraction of sp³-hybridized carbons (Fsp3) is 0.300. The molecule has 0 unspecified atom stereocenters. The lowest BCUT2D eigenvalue weighted by molar-refractivity contribution is -0.391. The van der Waals surface area contributed by atoms with Gasteiger partial charge >= 0.3 is 5.82 Å². The van der Waals surface area contributed by atoms with Crippen molar-refractivity contribution in [3.63, 3.8) is 0 Å². The maximum atomic E-state index is 10.8. The van der Waals surface area contributed by atoms with Gasteiger partial charge in [0.2, 0.25) is 0 Å². The zero-order chi connectivity index (χ0) is 14.2. The number of aromatic nitrogens is 4. The Kier molecular flexibility index (Phi) is 2.92. The monoisotopic (exact) mass is 261 g/mol. The second kappa shape index (κ2) is 4.41. The van der Waals surface area contributed by atoms with E-state index in [2.05, 4.69) is 10.1 Å². The van der Waals surface area contributed by atoms with Gasteiger partial charge in [-0.05, 0) is 11.8 Å². The summed E-state index contributed by atoms with van der Waals surface area (Å²) in [7, 11) is 1.49. The zero-order valence-electron chi connectivity index (χ0n) is 10.4. The molecule has 2 aromatic heterocycles. The van der Waals surface area contributed by atoms with E-state index >= 15 is 0 Å². The lowest BCUT2D eigenvalue weighted by Crippen LogP contribution is -2.02. The quantitative estimate of drug-likeness (QED) is 0.638. The predicted octanol–water partition coefficient (Wildman–Crippen LogP) is 0.666. The molecule has 0 aliphatic heterocycles. The first-order chi connectivity index (χ1) is 9.01. The van der Waals surface area contributed by atoms with Gasteiger partial charge in [0.05, 0.1) is 7.05 Å². The van der Waals surface area contributed by atoms with Crippen LogP contribution in [0.5, 0.6) is 0 Å². The van der Waals surface area contributed by atoms with Crippen LogP contribution in [0.4, 0.5) is 11.6 Å². The van der Waals surface area contributed by atoms with Crippen molar-refractivity contribution in [3.05, 3.63) is 21.9 Å². The van der Waals surface area contributed by atoms with Crippen LogP contribution in [-0.4, -0.2) is 24.3 Å². The number of hydrogen-bond donors (Lipinski definition) is 1. The molecule has 9 heteroatoms. The second-order valence-corrected chi connectivity index (χ2v) is 3.79. The molecule has 0 saturated heterocycles. The van der Waals surface area contributed by atoms with Gasteiger partial charge in [-0.1, -0.05) is 0 Å². The molecule has 0 aliphatic carbocycles. The standard InChI is InChI=1S/C10H11N7O2/c1-3-16-9(12)6(4-11)8(14-16)10-13-5-7(15(10)2)17(18)19/h5H,3,12H2,1-2H3. The van der Waals surface area contributed by atoms with Gasteiger partial charge in [-0.2, -0.15) is 10.4 Å². The fourth-order valence-electron chi connectivity index (χ4n) is 1.77. The van der Waals surface area contributed by atoms with E-state index in [1.54, 1.807) is 0 Å². The van der Waals surface area contributed by atoms with E-state index in [9.17, 15) is 10.1 Å². The summed E-state index contributed by atoms with van der Waals surface area (Å²) in [6, 6.07) is 1.95. The van der Waals surface area contributed by atoms with Gasteiger partial charge in [0, 0.05) is 6.54 Å². The summed E-state index contributed by atoms with van der Waals surface area (Å²) in [5, 5.41) is 24.1. The van der Waals surface area contributed by atoms with Crippen LogP contribution in [0.25, 0.3) is 11.5 Å². The first-order valence-electron chi connectivity index (χ1n) is 5.44. The van der Waals surface area contributed by atoms with Gasteiger partial charge < -0.3 is 15.8 Å². The number of nitro groups is 1. The van der Waals surface area contributed by atoms with E-state index < -0.39 is 4.92 Å². The van der Waals surface area contributed by atoms with Crippen molar-refractivity contribution in [1.29, 1.82) is 5.26 Å². The summed E-state index contributed by atoms with van der Waals surface area (Å²) >= 11 is 0. The maximum Gasteiger partial charge on any atom is 0.342 e. The largest absolute Gasteiger partial charge is 0.383 e.